The number of sulfone groups is 1. The fourth-order valence-corrected chi connectivity index (χ4v) is 5.28. The number of halogens is 1. The van der Waals surface area contributed by atoms with E-state index in [1.165, 1.54) is 28.5 Å². The highest BCUT2D eigenvalue weighted by atomic mass is 32.2. The molecule has 4 rings (SSSR count). The highest BCUT2D eigenvalue weighted by Crippen LogP contribution is 2.33. The number of aliphatic hydroxyl groups excluding tert-OH is 1. The molecule has 196 valence electrons. The second-order valence-electron chi connectivity index (χ2n) is 8.53. The van der Waals surface area contributed by atoms with Crippen molar-refractivity contribution in [2.24, 2.45) is 0 Å². The molecule has 0 fully saturated rings. The van der Waals surface area contributed by atoms with E-state index in [-0.39, 0.29) is 24.6 Å². The Labute approximate surface area is 213 Å². The van der Waals surface area contributed by atoms with Gasteiger partial charge in [-0.3, -0.25) is 9.13 Å². The van der Waals surface area contributed by atoms with Crippen LogP contribution in [0.5, 0.6) is 11.5 Å². The molecule has 9 nitrogen and oxygen atoms in total. The summed E-state index contributed by atoms with van der Waals surface area (Å²) in [5, 5.41) is 9.66. The summed E-state index contributed by atoms with van der Waals surface area (Å²) >= 11 is 0. The van der Waals surface area contributed by atoms with Crippen LogP contribution in [0.3, 0.4) is 0 Å². The van der Waals surface area contributed by atoms with E-state index in [1.54, 1.807) is 42.5 Å². The van der Waals surface area contributed by atoms with Gasteiger partial charge in [-0.2, -0.15) is 0 Å². The monoisotopic (exact) mass is 529 g/mol. The largest absolute Gasteiger partial charge is 0.493 e. The number of benzene rings is 2. The molecule has 0 aliphatic heterocycles. The van der Waals surface area contributed by atoms with E-state index in [0.717, 1.165) is 6.26 Å². The summed E-state index contributed by atoms with van der Waals surface area (Å²) in [7, 11) is -2.08. The first-order chi connectivity index (χ1) is 17.7. The zero-order chi connectivity index (χ0) is 26.7. The molecule has 2 heterocycles. The summed E-state index contributed by atoms with van der Waals surface area (Å²) in [4.78, 5) is 18.2. The van der Waals surface area contributed by atoms with Crippen LogP contribution in [-0.2, 0) is 16.4 Å². The Morgan fingerprint density at radius 1 is 1.14 bits per heavy atom. The third-order valence-electron chi connectivity index (χ3n) is 5.96. The molecule has 0 aliphatic carbocycles. The molecule has 0 aliphatic rings. The van der Waals surface area contributed by atoms with Crippen molar-refractivity contribution in [3.63, 3.8) is 0 Å². The molecule has 0 amide bonds. The zero-order valence-corrected chi connectivity index (χ0v) is 21.5. The Kier molecular flexibility index (Phi) is 7.65. The van der Waals surface area contributed by atoms with E-state index < -0.39 is 27.4 Å². The number of hydrogen-bond donors (Lipinski definition) is 1. The lowest BCUT2D eigenvalue weighted by Gasteiger charge is -2.20. The van der Waals surface area contributed by atoms with Crippen LogP contribution >= 0.6 is 0 Å². The molecule has 0 bridgehead atoms. The van der Waals surface area contributed by atoms with Gasteiger partial charge in [0.25, 0.3) is 0 Å². The summed E-state index contributed by atoms with van der Waals surface area (Å²) in [6, 6.07) is 11.8. The Morgan fingerprint density at radius 3 is 2.54 bits per heavy atom. The molecule has 0 spiro atoms. The lowest BCUT2D eigenvalue weighted by atomic mass is 10.1. The van der Waals surface area contributed by atoms with Crippen LogP contribution in [0.1, 0.15) is 18.5 Å². The first kappa shape index (κ1) is 26.4. The molecular weight excluding hydrogens is 501 g/mol. The molecule has 0 unspecified atom stereocenters. The predicted octanol–water partition coefficient (Wildman–Crippen LogP) is 3.04. The number of imidazole rings is 1. The van der Waals surface area contributed by atoms with Crippen LogP contribution in [0, 0.1) is 5.82 Å². The van der Waals surface area contributed by atoms with Gasteiger partial charge in [-0.25, -0.2) is 22.6 Å². The number of pyridine rings is 1. The number of aliphatic hydroxyl groups is 1. The Balaban J connectivity index is 1.98. The van der Waals surface area contributed by atoms with E-state index in [9.17, 15) is 22.7 Å². The molecule has 1 atom stereocenters. The van der Waals surface area contributed by atoms with Crippen molar-refractivity contribution in [2.75, 3.05) is 32.3 Å². The number of rotatable bonds is 10. The average Bonchev–Trinajstić information content (AvgIpc) is 3.13. The number of methoxy groups -OCH3 is 1. The summed E-state index contributed by atoms with van der Waals surface area (Å²) in [5.41, 5.74) is 1.25. The summed E-state index contributed by atoms with van der Waals surface area (Å²) in [5.74, 6) is 0.0323. The second-order valence-corrected chi connectivity index (χ2v) is 10.7. The fourth-order valence-electron chi connectivity index (χ4n) is 4.37. The van der Waals surface area contributed by atoms with Gasteiger partial charge in [-0.1, -0.05) is 24.3 Å². The number of aromatic nitrogens is 3. The molecule has 1 N–H and O–H groups in total. The average molecular weight is 530 g/mol. The van der Waals surface area contributed by atoms with Gasteiger partial charge in [0, 0.05) is 23.6 Å². The first-order valence-corrected chi connectivity index (χ1v) is 13.7. The third kappa shape index (κ3) is 5.37. The molecule has 2 aromatic carbocycles. The van der Waals surface area contributed by atoms with Crippen LogP contribution < -0.4 is 15.2 Å². The smallest absolute Gasteiger partial charge is 0.331 e. The lowest BCUT2D eigenvalue weighted by molar-refractivity contribution is 0.275. The highest BCUT2D eigenvalue weighted by Gasteiger charge is 2.27. The fraction of sp³-hybridized carbons (Fsp3) is 0.308. The van der Waals surface area contributed by atoms with Crippen molar-refractivity contribution in [1.29, 1.82) is 0 Å². The third-order valence-corrected chi connectivity index (χ3v) is 6.88. The van der Waals surface area contributed by atoms with Crippen molar-refractivity contribution >= 4 is 21.0 Å². The van der Waals surface area contributed by atoms with E-state index in [2.05, 4.69) is 4.98 Å². The van der Waals surface area contributed by atoms with Crippen LogP contribution in [0.15, 0.2) is 59.5 Å². The molecule has 11 heteroatoms. The second kappa shape index (κ2) is 10.7. The van der Waals surface area contributed by atoms with Gasteiger partial charge in [0.2, 0.25) is 0 Å². The number of fused-ring (bicyclic) bond motifs is 1. The van der Waals surface area contributed by atoms with Crippen LogP contribution in [0.4, 0.5) is 4.39 Å². The minimum absolute atomic E-state index is 0.0524. The van der Waals surface area contributed by atoms with Crippen molar-refractivity contribution in [3.8, 4) is 22.6 Å². The van der Waals surface area contributed by atoms with Gasteiger partial charge < -0.3 is 14.6 Å². The normalized spacial score (nSPS) is 12.6. The van der Waals surface area contributed by atoms with Gasteiger partial charge in [-0.05, 0) is 36.8 Å². The molecule has 0 saturated carbocycles. The molecule has 0 radical (unpaired) electrons. The number of hydrogen-bond acceptors (Lipinski definition) is 7. The van der Waals surface area contributed by atoms with E-state index in [0.29, 0.717) is 40.3 Å². The van der Waals surface area contributed by atoms with Crippen molar-refractivity contribution < 1.29 is 27.4 Å². The molecule has 37 heavy (non-hydrogen) atoms. The van der Waals surface area contributed by atoms with Crippen LogP contribution in [0.2, 0.25) is 0 Å². The standard InChI is InChI=1S/C26H28FN3O6S/c1-4-36-24-14-17(9-10-23(24)35-2)22(16-37(3,33)34)30-25-21(29(11-12-31)26(30)32)13-18(15-28-25)19-7-5-6-8-20(19)27/h5-10,13-15,22,31H,4,11-12,16H2,1-3H3/t22-/m0/s1. The quantitative estimate of drug-likeness (QED) is 0.336. The molecular formula is C26H28FN3O6S. The van der Waals surface area contributed by atoms with Crippen molar-refractivity contribution in [1.82, 2.24) is 14.1 Å². The number of ether oxygens (including phenoxy) is 2. The molecule has 4 aromatic rings. The summed E-state index contributed by atoms with van der Waals surface area (Å²) < 4.78 is 53.1. The maximum absolute atomic E-state index is 14.5. The Morgan fingerprint density at radius 2 is 1.89 bits per heavy atom. The zero-order valence-electron chi connectivity index (χ0n) is 20.7. The maximum Gasteiger partial charge on any atom is 0.331 e. The Hall–Kier alpha value is -3.70. The summed E-state index contributed by atoms with van der Waals surface area (Å²) in [6.07, 6.45) is 2.53. The Bertz CT molecular complexity index is 1600. The predicted molar refractivity (Wildman–Crippen MR) is 138 cm³/mol. The number of nitrogens with zero attached hydrogens (tertiary/aromatic N) is 3. The van der Waals surface area contributed by atoms with E-state index in [4.69, 9.17) is 9.47 Å². The van der Waals surface area contributed by atoms with Gasteiger partial charge in [0.15, 0.2) is 17.1 Å². The highest BCUT2D eigenvalue weighted by molar-refractivity contribution is 7.90. The van der Waals surface area contributed by atoms with E-state index in [1.807, 2.05) is 6.92 Å². The minimum Gasteiger partial charge on any atom is -0.493 e. The SMILES string of the molecule is CCOc1cc([C@H](CS(C)(=O)=O)n2c(=O)n(CCO)c3cc(-c4ccccc4F)cnc32)ccc1OC. The van der Waals surface area contributed by atoms with Crippen LogP contribution in [0.25, 0.3) is 22.3 Å². The van der Waals surface area contributed by atoms with Gasteiger partial charge in [0.05, 0.1) is 44.2 Å². The van der Waals surface area contributed by atoms with Gasteiger partial charge in [0.1, 0.15) is 15.7 Å². The van der Waals surface area contributed by atoms with Gasteiger partial charge in [-0.15, -0.1) is 0 Å². The topological polar surface area (TPSA) is 113 Å². The van der Waals surface area contributed by atoms with E-state index >= 15 is 0 Å². The summed E-state index contributed by atoms with van der Waals surface area (Å²) in [6.45, 7) is 1.77. The molecule has 0 saturated heterocycles. The molecule has 2 aromatic heterocycles. The first-order valence-electron chi connectivity index (χ1n) is 11.6. The van der Waals surface area contributed by atoms with Crippen molar-refractivity contribution in [3.05, 3.63) is 76.6 Å². The maximum atomic E-state index is 14.5. The van der Waals surface area contributed by atoms with Crippen molar-refractivity contribution in [2.45, 2.75) is 19.5 Å². The van der Waals surface area contributed by atoms with Gasteiger partial charge >= 0.3 is 5.69 Å². The van der Waals surface area contributed by atoms with Crippen LogP contribution in [-0.4, -0.2) is 60.0 Å². The minimum atomic E-state index is -3.57. The lowest BCUT2D eigenvalue weighted by Crippen LogP contribution is -2.32.